The number of halogens is 1. The molecule has 0 aromatic heterocycles. The number of piperidine rings is 1. The SMILES string of the molecule is NC(=NO)C1CCCN(S(=O)(=O)c2ccccc2Cl)C1. The number of hydrogen-bond acceptors (Lipinski definition) is 4. The predicted octanol–water partition coefficient (Wildman–Crippen LogP) is 1.49. The van der Waals surface area contributed by atoms with Crippen molar-refractivity contribution in [3.8, 4) is 0 Å². The van der Waals surface area contributed by atoms with Crippen molar-refractivity contribution in [2.75, 3.05) is 13.1 Å². The van der Waals surface area contributed by atoms with Crippen LogP contribution in [0.25, 0.3) is 0 Å². The van der Waals surface area contributed by atoms with Crippen molar-refractivity contribution in [3.05, 3.63) is 29.3 Å². The Morgan fingerprint density at radius 2 is 2.15 bits per heavy atom. The first-order valence-corrected chi connectivity index (χ1v) is 8.00. The van der Waals surface area contributed by atoms with E-state index in [-0.39, 0.29) is 28.2 Å². The molecule has 1 aliphatic heterocycles. The zero-order valence-electron chi connectivity index (χ0n) is 10.7. The Hall–Kier alpha value is -1.31. The highest BCUT2D eigenvalue weighted by molar-refractivity contribution is 7.89. The van der Waals surface area contributed by atoms with Gasteiger partial charge >= 0.3 is 0 Å². The molecule has 6 nitrogen and oxygen atoms in total. The second kappa shape index (κ2) is 5.99. The molecule has 1 heterocycles. The van der Waals surface area contributed by atoms with Crippen LogP contribution in [-0.2, 0) is 10.0 Å². The van der Waals surface area contributed by atoms with Gasteiger partial charge in [0.25, 0.3) is 0 Å². The summed E-state index contributed by atoms with van der Waals surface area (Å²) in [6.45, 7) is 0.603. The first-order chi connectivity index (χ1) is 9.46. The minimum Gasteiger partial charge on any atom is -0.409 e. The average molecular weight is 318 g/mol. The molecule has 0 aliphatic carbocycles. The molecule has 1 aromatic carbocycles. The summed E-state index contributed by atoms with van der Waals surface area (Å²) in [6, 6.07) is 6.32. The number of nitrogens with two attached hydrogens (primary N) is 1. The first-order valence-electron chi connectivity index (χ1n) is 6.19. The van der Waals surface area contributed by atoms with Crippen LogP contribution in [-0.4, -0.2) is 36.9 Å². The van der Waals surface area contributed by atoms with Crippen LogP contribution < -0.4 is 5.73 Å². The molecular formula is C12H16ClN3O3S. The lowest BCUT2D eigenvalue weighted by Gasteiger charge is -2.31. The summed E-state index contributed by atoms with van der Waals surface area (Å²) < 4.78 is 26.5. The number of sulfonamides is 1. The molecule has 0 amide bonds. The van der Waals surface area contributed by atoms with Crippen molar-refractivity contribution in [1.82, 2.24) is 4.31 Å². The van der Waals surface area contributed by atoms with Crippen molar-refractivity contribution in [1.29, 1.82) is 0 Å². The molecule has 1 atom stereocenters. The van der Waals surface area contributed by atoms with E-state index in [2.05, 4.69) is 5.16 Å². The highest BCUT2D eigenvalue weighted by Crippen LogP contribution is 2.28. The monoisotopic (exact) mass is 317 g/mol. The van der Waals surface area contributed by atoms with Gasteiger partial charge in [-0.3, -0.25) is 0 Å². The first kappa shape index (κ1) is 15.1. The van der Waals surface area contributed by atoms with Crippen molar-refractivity contribution in [3.63, 3.8) is 0 Å². The average Bonchev–Trinajstić information content (AvgIpc) is 2.47. The van der Waals surface area contributed by atoms with Crippen LogP contribution in [0, 0.1) is 5.92 Å². The summed E-state index contributed by atoms with van der Waals surface area (Å²) in [5, 5.41) is 11.9. The van der Waals surface area contributed by atoms with Gasteiger partial charge in [-0.15, -0.1) is 0 Å². The molecule has 0 spiro atoms. The second-order valence-corrected chi connectivity index (χ2v) is 6.97. The molecule has 1 fully saturated rings. The van der Waals surface area contributed by atoms with Gasteiger partial charge in [-0.2, -0.15) is 4.31 Å². The lowest BCUT2D eigenvalue weighted by atomic mass is 9.99. The molecule has 8 heteroatoms. The maximum absolute atomic E-state index is 12.6. The van der Waals surface area contributed by atoms with E-state index in [1.807, 2.05) is 0 Å². The maximum Gasteiger partial charge on any atom is 0.244 e. The summed E-state index contributed by atoms with van der Waals surface area (Å²) >= 11 is 5.96. The highest BCUT2D eigenvalue weighted by Gasteiger charge is 2.32. The Labute approximate surface area is 122 Å². The van der Waals surface area contributed by atoms with Crippen LogP contribution in [0.2, 0.25) is 5.02 Å². The fourth-order valence-corrected chi connectivity index (χ4v) is 4.29. The summed E-state index contributed by atoms with van der Waals surface area (Å²) in [5.74, 6) is -0.213. The fraction of sp³-hybridized carbons (Fsp3) is 0.417. The quantitative estimate of drug-likeness (QED) is 0.382. The van der Waals surface area contributed by atoms with E-state index in [0.29, 0.717) is 19.4 Å². The van der Waals surface area contributed by atoms with E-state index in [0.717, 1.165) is 0 Å². The Balaban J connectivity index is 2.29. The molecule has 0 saturated carbocycles. The summed E-state index contributed by atoms with van der Waals surface area (Å²) in [4.78, 5) is 0.0850. The molecule has 20 heavy (non-hydrogen) atoms. The van der Waals surface area contributed by atoms with Crippen LogP contribution in [0.15, 0.2) is 34.3 Å². The zero-order chi connectivity index (χ0) is 14.8. The lowest BCUT2D eigenvalue weighted by Crippen LogP contribution is -2.44. The van der Waals surface area contributed by atoms with Gasteiger partial charge in [0.05, 0.1) is 5.02 Å². The van der Waals surface area contributed by atoms with E-state index in [1.54, 1.807) is 18.2 Å². The van der Waals surface area contributed by atoms with E-state index < -0.39 is 10.0 Å². The molecule has 3 N–H and O–H groups in total. The summed E-state index contributed by atoms with van der Waals surface area (Å²) in [7, 11) is -3.66. The Kier molecular flexibility index (Phi) is 4.52. The second-order valence-electron chi connectivity index (χ2n) is 4.66. The van der Waals surface area contributed by atoms with Gasteiger partial charge in [0, 0.05) is 19.0 Å². The van der Waals surface area contributed by atoms with Crippen LogP contribution >= 0.6 is 11.6 Å². The van der Waals surface area contributed by atoms with Crippen LogP contribution in [0.1, 0.15) is 12.8 Å². The number of rotatable bonds is 3. The third kappa shape index (κ3) is 2.89. The molecular weight excluding hydrogens is 302 g/mol. The van der Waals surface area contributed by atoms with Crippen LogP contribution in [0.5, 0.6) is 0 Å². The zero-order valence-corrected chi connectivity index (χ0v) is 12.3. The van der Waals surface area contributed by atoms with E-state index in [4.69, 9.17) is 22.5 Å². The van der Waals surface area contributed by atoms with Gasteiger partial charge in [0.15, 0.2) is 0 Å². The number of oxime groups is 1. The Morgan fingerprint density at radius 3 is 2.80 bits per heavy atom. The maximum atomic E-state index is 12.6. The minimum absolute atomic E-state index is 0.0593. The standard InChI is InChI=1S/C12H16ClN3O3S/c13-10-5-1-2-6-11(10)20(18,19)16-7-3-4-9(8-16)12(14)15-17/h1-2,5-6,9,17H,3-4,7-8H2,(H2,14,15). The van der Waals surface area contributed by atoms with Crippen molar-refractivity contribution >= 4 is 27.5 Å². The largest absolute Gasteiger partial charge is 0.409 e. The Morgan fingerprint density at radius 1 is 1.45 bits per heavy atom. The molecule has 1 saturated heterocycles. The minimum atomic E-state index is -3.66. The Bertz CT molecular complexity index is 618. The molecule has 1 aromatic rings. The molecule has 2 rings (SSSR count). The summed E-state index contributed by atoms with van der Waals surface area (Å²) in [5.41, 5.74) is 5.57. The number of hydrogen-bond donors (Lipinski definition) is 2. The normalized spacial score (nSPS) is 21.9. The molecule has 1 aliphatic rings. The molecule has 0 radical (unpaired) electrons. The number of amidine groups is 1. The third-order valence-corrected chi connectivity index (χ3v) is 5.74. The van der Waals surface area contributed by atoms with Gasteiger partial charge in [0.1, 0.15) is 10.7 Å². The van der Waals surface area contributed by atoms with E-state index >= 15 is 0 Å². The van der Waals surface area contributed by atoms with Gasteiger partial charge in [0.2, 0.25) is 10.0 Å². The number of benzene rings is 1. The van der Waals surface area contributed by atoms with Crippen molar-refractivity contribution in [2.24, 2.45) is 16.8 Å². The van der Waals surface area contributed by atoms with Crippen molar-refractivity contribution < 1.29 is 13.6 Å². The van der Waals surface area contributed by atoms with E-state index in [1.165, 1.54) is 10.4 Å². The summed E-state index contributed by atoms with van der Waals surface area (Å²) in [6.07, 6.45) is 1.36. The van der Waals surface area contributed by atoms with Crippen LogP contribution in [0.3, 0.4) is 0 Å². The van der Waals surface area contributed by atoms with Crippen LogP contribution in [0.4, 0.5) is 0 Å². The topological polar surface area (TPSA) is 96.0 Å². The molecule has 110 valence electrons. The molecule has 1 unspecified atom stereocenters. The van der Waals surface area contributed by atoms with Gasteiger partial charge in [-0.1, -0.05) is 28.9 Å². The van der Waals surface area contributed by atoms with Crippen molar-refractivity contribution in [2.45, 2.75) is 17.7 Å². The molecule has 0 bridgehead atoms. The lowest BCUT2D eigenvalue weighted by molar-refractivity contribution is 0.287. The predicted molar refractivity (Wildman–Crippen MR) is 76.3 cm³/mol. The van der Waals surface area contributed by atoms with Gasteiger partial charge in [-0.25, -0.2) is 8.42 Å². The van der Waals surface area contributed by atoms with Gasteiger partial charge < -0.3 is 10.9 Å². The van der Waals surface area contributed by atoms with Gasteiger partial charge in [-0.05, 0) is 25.0 Å². The fourth-order valence-electron chi connectivity index (χ4n) is 2.28. The number of nitrogens with zero attached hydrogens (tertiary/aromatic N) is 2. The smallest absolute Gasteiger partial charge is 0.244 e. The van der Waals surface area contributed by atoms with E-state index in [9.17, 15) is 8.42 Å². The highest BCUT2D eigenvalue weighted by atomic mass is 35.5. The third-order valence-electron chi connectivity index (χ3n) is 3.37.